The summed E-state index contributed by atoms with van der Waals surface area (Å²) in [5.74, 6) is -1.04. The normalized spacial score (nSPS) is 10.3. The van der Waals surface area contributed by atoms with E-state index in [-0.39, 0.29) is 23.6 Å². The molecule has 0 aliphatic carbocycles. The molecule has 0 aromatic carbocycles. The molecule has 0 radical (unpaired) electrons. The van der Waals surface area contributed by atoms with Gasteiger partial charge in [0.05, 0.1) is 17.8 Å². The molecule has 2 rings (SSSR count). The number of hydrogen-bond donors (Lipinski definition) is 2. The first-order valence-corrected chi connectivity index (χ1v) is 8.44. The predicted molar refractivity (Wildman–Crippen MR) is 97.5 cm³/mol. The van der Waals surface area contributed by atoms with Crippen molar-refractivity contribution in [3.63, 3.8) is 0 Å². The smallest absolute Gasteiger partial charge is 0.265 e. The van der Waals surface area contributed by atoms with Crippen LogP contribution in [0.15, 0.2) is 23.1 Å². The Bertz CT molecular complexity index is 882. The molecule has 3 amide bonds. The van der Waals surface area contributed by atoms with Crippen LogP contribution in [-0.2, 0) is 4.79 Å². The highest BCUT2D eigenvalue weighted by Crippen LogP contribution is 2.23. The van der Waals surface area contributed by atoms with Gasteiger partial charge in [0.15, 0.2) is 5.13 Å². The summed E-state index contributed by atoms with van der Waals surface area (Å²) in [6, 6.07) is 2.63. The molecule has 26 heavy (non-hydrogen) atoms. The van der Waals surface area contributed by atoms with Crippen LogP contribution in [0.2, 0.25) is 0 Å². The molecule has 0 aliphatic rings. The van der Waals surface area contributed by atoms with Gasteiger partial charge in [-0.1, -0.05) is 11.3 Å². The monoisotopic (exact) mass is 377 g/mol. The predicted octanol–water partition coefficient (Wildman–Crippen LogP) is 0.552. The highest BCUT2D eigenvalue weighted by atomic mass is 32.1. The van der Waals surface area contributed by atoms with Gasteiger partial charge in [-0.3, -0.25) is 19.2 Å². The molecule has 0 fully saturated rings. The largest absolute Gasteiger partial charge is 0.344 e. The zero-order valence-corrected chi connectivity index (χ0v) is 15.6. The number of anilines is 1. The molecule has 138 valence electrons. The third kappa shape index (κ3) is 4.54. The van der Waals surface area contributed by atoms with Crippen LogP contribution in [-0.4, -0.2) is 65.2 Å². The zero-order valence-electron chi connectivity index (χ0n) is 14.8. The fourth-order valence-corrected chi connectivity index (χ4v) is 3.07. The fourth-order valence-electron chi connectivity index (χ4n) is 2.06. The highest BCUT2D eigenvalue weighted by Gasteiger charge is 2.19. The number of aromatic nitrogens is 2. The van der Waals surface area contributed by atoms with Crippen molar-refractivity contribution in [3.05, 3.63) is 44.8 Å². The lowest BCUT2D eigenvalue weighted by Gasteiger charge is -2.16. The van der Waals surface area contributed by atoms with Gasteiger partial charge in [0, 0.05) is 33.4 Å². The Labute approximate surface area is 153 Å². The summed E-state index contributed by atoms with van der Waals surface area (Å²) in [6.07, 6.45) is 1.29. The standard InChI is InChI=1S/C16H19N5O4S/c1-9-13(15(25)20(2)3)26-16(18-9)19-12(23)8-21(4)14(24)10-5-6-11(22)17-7-10/h5-7H,8H2,1-4H3,(H,17,22)(H,18,19,23). The van der Waals surface area contributed by atoms with E-state index in [9.17, 15) is 19.2 Å². The molecule has 2 heterocycles. The summed E-state index contributed by atoms with van der Waals surface area (Å²) in [5, 5.41) is 2.88. The summed E-state index contributed by atoms with van der Waals surface area (Å²) in [5.41, 5.74) is 0.481. The molecule has 10 heteroatoms. The average molecular weight is 377 g/mol. The van der Waals surface area contributed by atoms with Gasteiger partial charge in [-0.25, -0.2) is 4.98 Å². The lowest BCUT2D eigenvalue weighted by molar-refractivity contribution is -0.116. The SMILES string of the molecule is Cc1nc(NC(=O)CN(C)C(=O)c2ccc(=O)[nH]c2)sc1C(=O)N(C)C. The maximum absolute atomic E-state index is 12.2. The van der Waals surface area contributed by atoms with Crippen molar-refractivity contribution >= 4 is 34.2 Å². The highest BCUT2D eigenvalue weighted by molar-refractivity contribution is 7.17. The van der Waals surface area contributed by atoms with E-state index < -0.39 is 11.8 Å². The number of thiazole rings is 1. The van der Waals surface area contributed by atoms with Crippen LogP contribution in [0.3, 0.4) is 0 Å². The van der Waals surface area contributed by atoms with Crippen LogP contribution in [0.4, 0.5) is 5.13 Å². The Morgan fingerprint density at radius 3 is 2.46 bits per heavy atom. The number of H-pyrrole nitrogens is 1. The Morgan fingerprint density at radius 2 is 1.88 bits per heavy atom. The van der Waals surface area contributed by atoms with E-state index in [0.29, 0.717) is 15.7 Å². The second-order valence-corrected chi connectivity index (χ2v) is 6.78. The van der Waals surface area contributed by atoms with E-state index in [1.165, 1.54) is 35.2 Å². The van der Waals surface area contributed by atoms with Crippen molar-refractivity contribution in [1.82, 2.24) is 19.8 Å². The number of amides is 3. The maximum atomic E-state index is 12.2. The first-order valence-electron chi connectivity index (χ1n) is 7.62. The Hall–Kier alpha value is -3.01. The van der Waals surface area contributed by atoms with Crippen LogP contribution in [0, 0.1) is 6.92 Å². The van der Waals surface area contributed by atoms with Crippen LogP contribution in [0.1, 0.15) is 25.7 Å². The van der Waals surface area contributed by atoms with Gasteiger partial charge in [-0.15, -0.1) is 0 Å². The van der Waals surface area contributed by atoms with E-state index >= 15 is 0 Å². The molecule has 0 bridgehead atoms. The lowest BCUT2D eigenvalue weighted by Crippen LogP contribution is -2.35. The van der Waals surface area contributed by atoms with Crippen LogP contribution < -0.4 is 10.9 Å². The van der Waals surface area contributed by atoms with Crippen molar-refractivity contribution in [3.8, 4) is 0 Å². The number of carbonyl (C=O) groups excluding carboxylic acids is 3. The first kappa shape index (κ1) is 19.3. The van der Waals surface area contributed by atoms with Crippen LogP contribution in [0.5, 0.6) is 0 Å². The van der Waals surface area contributed by atoms with E-state index in [2.05, 4.69) is 15.3 Å². The molecule has 9 nitrogen and oxygen atoms in total. The van der Waals surface area contributed by atoms with Gasteiger partial charge >= 0.3 is 0 Å². The Kier molecular flexibility index (Phi) is 5.88. The second kappa shape index (κ2) is 7.91. The molecule has 2 aromatic rings. The minimum atomic E-state index is -0.442. The van der Waals surface area contributed by atoms with Crippen molar-refractivity contribution < 1.29 is 14.4 Å². The number of hydrogen-bond acceptors (Lipinski definition) is 6. The molecular formula is C16H19N5O4S. The quantitative estimate of drug-likeness (QED) is 0.790. The molecule has 0 atom stereocenters. The molecule has 2 N–H and O–H groups in total. The average Bonchev–Trinajstić information content (AvgIpc) is 2.93. The molecule has 0 spiro atoms. The van der Waals surface area contributed by atoms with Gasteiger partial charge in [-0.05, 0) is 13.0 Å². The van der Waals surface area contributed by atoms with E-state index in [4.69, 9.17) is 0 Å². The second-order valence-electron chi connectivity index (χ2n) is 5.78. The minimum Gasteiger partial charge on any atom is -0.344 e. The van der Waals surface area contributed by atoms with Crippen molar-refractivity contribution in [2.24, 2.45) is 0 Å². The van der Waals surface area contributed by atoms with E-state index in [1.807, 2.05) is 0 Å². The summed E-state index contributed by atoms with van der Waals surface area (Å²) >= 11 is 1.08. The zero-order chi connectivity index (χ0) is 19.4. The summed E-state index contributed by atoms with van der Waals surface area (Å²) in [6.45, 7) is 1.49. The number of carbonyl (C=O) groups is 3. The van der Waals surface area contributed by atoms with Crippen molar-refractivity contribution in [2.75, 3.05) is 33.0 Å². The third-order valence-corrected chi connectivity index (χ3v) is 4.46. The van der Waals surface area contributed by atoms with E-state index in [1.54, 1.807) is 21.0 Å². The van der Waals surface area contributed by atoms with Gasteiger partial charge in [-0.2, -0.15) is 0 Å². The molecule has 0 saturated heterocycles. The van der Waals surface area contributed by atoms with Crippen LogP contribution >= 0.6 is 11.3 Å². The molecule has 2 aromatic heterocycles. The number of likely N-dealkylation sites (N-methyl/N-ethyl adjacent to an activating group) is 1. The molecule has 0 saturated carbocycles. The number of rotatable bonds is 5. The number of aromatic amines is 1. The maximum Gasteiger partial charge on any atom is 0.265 e. The van der Waals surface area contributed by atoms with Gasteiger partial charge < -0.3 is 20.1 Å². The van der Waals surface area contributed by atoms with Gasteiger partial charge in [0.2, 0.25) is 11.5 Å². The minimum absolute atomic E-state index is 0.189. The third-order valence-electron chi connectivity index (χ3n) is 3.40. The van der Waals surface area contributed by atoms with E-state index in [0.717, 1.165) is 11.3 Å². The number of nitrogens with one attached hydrogen (secondary N) is 2. The first-order chi connectivity index (χ1) is 12.2. The Balaban J connectivity index is 2.01. The summed E-state index contributed by atoms with van der Waals surface area (Å²) < 4.78 is 0. The van der Waals surface area contributed by atoms with Gasteiger partial charge in [0.25, 0.3) is 11.8 Å². The molecular weight excluding hydrogens is 358 g/mol. The number of nitrogens with zero attached hydrogens (tertiary/aromatic N) is 3. The summed E-state index contributed by atoms with van der Waals surface area (Å²) in [7, 11) is 4.75. The Morgan fingerprint density at radius 1 is 1.19 bits per heavy atom. The number of aryl methyl sites for hydroxylation is 1. The van der Waals surface area contributed by atoms with Gasteiger partial charge in [0.1, 0.15) is 4.88 Å². The molecule has 0 unspecified atom stereocenters. The lowest BCUT2D eigenvalue weighted by atomic mass is 10.2. The number of pyridine rings is 1. The van der Waals surface area contributed by atoms with Crippen molar-refractivity contribution in [2.45, 2.75) is 6.92 Å². The topological polar surface area (TPSA) is 115 Å². The summed E-state index contributed by atoms with van der Waals surface area (Å²) in [4.78, 5) is 57.1. The molecule has 0 aliphatic heterocycles. The van der Waals surface area contributed by atoms with Crippen LogP contribution in [0.25, 0.3) is 0 Å². The van der Waals surface area contributed by atoms with Crippen molar-refractivity contribution in [1.29, 1.82) is 0 Å². The fraction of sp³-hybridized carbons (Fsp3) is 0.312.